The molecule has 0 atom stereocenters. The molecule has 0 fully saturated rings. The Balaban J connectivity index is 2.80. The zero-order chi connectivity index (χ0) is 10.3. The number of nitrogens with two attached hydrogens (primary N) is 2. The summed E-state index contributed by atoms with van der Waals surface area (Å²) in [6, 6.07) is 0. The number of hydrogen-bond acceptors (Lipinski definition) is 4. The molecule has 0 aliphatic heterocycles. The lowest BCUT2D eigenvalue weighted by Gasteiger charge is -1.92. The van der Waals surface area contributed by atoms with Gasteiger partial charge in [-0.1, -0.05) is 0 Å². The molecule has 2 heterocycles. The van der Waals surface area contributed by atoms with Gasteiger partial charge in [0.15, 0.2) is 0 Å². The van der Waals surface area contributed by atoms with Crippen LogP contribution in [0.4, 0.5) is 0 Å². The fourth-order valence-corrected chi connectivity index (χ4v) is 3.32. The minimum Gasteiger partial charge on any atom is -0.366 e. The van der Waals surface area contributed by atoms with Crippen LogP contribution in [0, 0.1) is 0 Å². The summed E-state index contributed by atoms with van der Waals surface area (Å²) in [5.74, 6) is -1.06. The van der Waals surface area contributed by atoms with Crippen LogP contribution in [0.25, 0.3) is 9.40 Å². The van der Waals surface area contributed by atoms with Crippen LogP contribution in [0.5, 0.6) is 0 Å². The first kappa shape index (κ1) is 9.17. The Hall–Kier alpha value is -1.40. The van der Waals surface area contributed by atoms with Crippen molar-refractivity contribution in [1.82, 2.24) is 0 Å². The van der Waals surface area contributed by atoms with Gasteiger partial charge < -0.3 is 11.5 Å². The van der Waals surface area contributed by atoms with E-state index in [1.165, 1.54) is 22.7 Å². The highest BCUT2D eigenvalue weighted by atomic mass is 32.2. The number of primary amides is 2. The molecule has 6 heteroatoms. The van der Waals surface area contributed by atoms with Crippen LogP contribution in [0.3, 0.4) is 0 Å². The predicted molar refractivity (Wildman–Crippen MR) is 56.7 cm³/mol. The Morgan fingerprint density at radius 2 is 1.43 bits per heavy atom. The Morgan fingerprint density at radius 3 is 1.79 bits per heavy atom. The zero-order valence-electron chi connectivity index (χ0n) is 6.94. The molecule has 2 amide bonds. The minimum atomic E-state index is -0.530. The molecule has 0 bridgehead atoms. The molecule has 0 saturated heterocycles. The monoisotopic (exact) mass is 226 g/mol. The number of carbonyl (C=O) groups is 2. The van der Waals surface area contributed by atoms with Gasteiger partial charge in [-0.15, -0.1) is 22.7 Å². The maximum atomic E-state index is 11.0. The first-order chi connectivity index (χ1) is 6.61. The molecule has 0 aliphatic carbocycles. The molecule has 2 aromatic heterocycles. The fraction of sp³-hybridized carbons (Fsp3) is 0. The van der Waals surface area contributed by atoms with Gasteiger partial charge in [-0.05, 0) is 0 Å². The number of rotatable bonds is 2. The van der Waals surface area contributed by atoms with E-state index in [0.29, 0.717) is 16.5 Å². The second-order valence-corrected chi connectivity index (χ2v) is 4.71. The van der Waals surface area contributed by atoms with E-state index in [1.807, 2.05) is 0 Å². The molecule has 2 rings (SSSR count). The van der Waals surface area contributed by atoms with Crippen molar-refractivity contribution in [3.8, 4) is 0 Å². The number of fused-ring (bicyclic) bond motifs is 1. The number of carbonyl (C=O) groups excluding carboxylic acids is 2. The average Bonchev–Trinajstić information content (AvgIpc) is 2.59. The SMILES string of the molecule is NC(=O)c1csc2scc(C(N)=O)c12. The van der Waals surface area contributed by atoms with Crippen molar-refractivity contribution in [3.63, 3.8) is 0 Å². The first-order valence-corrected chi connectivity index (χ1v) is 5.45. The largest absolute Gasteiger partial charge is 0.366 e. The van der Waals surface area contributed by atoms with E-state index in [1.54, 1.807) is 10.8 Å². The third-order valence-corrected chi connectivity index (χ3v) is 3.96. The lowest BCUT2D eigenvalue weighted by Crippen LogP contribution is -2.13. The first-order valence-electron chi connectivity index (χ1n) is 3.69. The number of hydrogen-bond donors (Lipinski definition) is 2. The van der Waals surface area contributed by atoms with E-state index in [0.717, 1.165) is 4.01 Å². The van der Waals surface area contributed by atoms with Gasteiger partial charge in [-0.3, -0.25) is 9.59 Å². The van der Waals surface area contributed by atoms with Gasteiger partial charge in [0.1, 0.15) is 0 Å². The zero-order valence-corrected chi connectivity index (χ0v) is 8.58. The van der Waals surface area contributed by atoms with E-state index >= 15 is 0 Å². The Kier molecular flexibility index (Phi) is 2.01. The Morgan fingerprint density at radius 1 is 1.00 bits per heavy atom. The molecule has 2 aromatic rings. The molecular weight excluding hydrogens is 220 g/mol. The summed E-state index contributed by atoms with van der Waals surface area (Å²) < 4.78 is 0.896. The maximum Gasteiger partial charge on any atom is 0.250 e. The van der Waals surface area contributed by atoms with E-state index in [-0.39, 0.29) is 0 Å². The van der Waals surface area contributed by atoms with Crippen molar-refractivity contribution in [2.24, 2.45) is 11.5 Å². The van der Waals surface area contributed by atoms with E-state index in [9.17, 15) is 9.59 Å². The van der Waals surface area contributed by atoms with Crippen LogP contribution in [0.2, 0.25) is 0 Å². The van der Waals surface area contributed by atoms with Gasteiger partial charge in [0, 0.05) is 16.1 Å². The number of amides is 2. The molecule has 0 aromatic carbocycles. The van der Waals surface area contributed by atoms with E-state index in [2.05, 4.69) is 0 Å². The predicted octanol–water partition coefficient (Wildman–Crippen LogP) is 1.16. The van der Waals surface area contributed by atoms with Crippen molar-refractivity contribution >= 4 is 43.9 Å². The molecule has 4 N–H and O–H groups in total. The van der Waals surface area contributed by atoms with Crippen molar-refractivity contribution in [2.75, 3.05) is 0 Å². The third-order valence-electron chi connectivity index (χ3n) is 1.84. The fourth-order valence-electron chi connectivity index (χ4n) is 1.22. The van der Waals surface area contributed by atoms with Crippen LogP contribution in [-0.4, -0.2) is 11.8 Å². The lowest BCUT2D eigenvalue weighted by molar-refractivity contribution is 0.0998. The molecule has 0 spiro atoms. The quantitative estimate of drug-likeness (QED) is 0.805. The van der Waals surface area contributed by atoms with Crippen LogP contribution in [-0.2, 0) is 0 Å². The van der Waals surface area contributed by atoms with Crippen LogP contribution in [0.15, 0.2) is 10.8 Å². The smallest absolute Gasteiger partial charge is 0.250 e. The highest BCUT2D eigenvalue weighted by Gasteiger charge is 2.17. The van der Waals surface area contributed by atoms with Gasteiger partial charge in [0.2, 0.25) is 11.8 Å². The lowest BCUT2D eigenvalue weighted by atomic mass is 10.1. The highest BCUT2D eigenvalue weighted by molar-refractivity contribution is 7.37. The normalized spacial score (nSPS) is 10.6. The standard InChI is InChI=1S/C8H6N2O2S2/c9-6(11)3-1-13-8-5(3)4(2-14-8)7(10)12/h1-2H,(H2,9,11)(H2,10,12). The second kappa shape index (κ2) is 3.07. The highest BCUT2D eigenvalue weighted by Crippen LogP contribution is 2.34. The summed E-state index contributed by atoms with van der Waals surface area (Å²) in [6.07, 6.45) is 0. The molecule has 72 valence electrons. The molecule has 4 nitrogen and oxygen atoms in total. The molecule has 0 saturated carbocycles. The van der Waals surface area contributed by atoms with Crippen LogP contribution < -0.4 is 11.5 Å². The molecule has 14 heavy (non-hydrogen) atoms. The van der Waals surface area contributed by atoms with E-state index < -0.39 is 11.8 Å². The van der Waals surface area contributed by atoms with Crippen molar-refractivity contribution in [2.45, 2.75) is 0 Å². The summed E-state index contributed by atoms with van der Waals surface area (Å²) in [5.41, 5.74) is 11.1. The minimum absolute atomic E-state index is 0.375. The van der Waals surface area contributed by atoms with Crippen LogP contribution in [0.1, 0.15) is 20.7 Å². The van der Waals surface area contributed by atoms with Gasteiger partial charge in [0.25, 0.3) is 0 Å². The van der Waals surface area contributed by atoms with Gasteiger partial charge in [-0.2, -0.15) is 0 Å². The summed E-state index contributed by atoms with van der Waals surface area (Å²) in [7, 11) is 0. The number of thiophene rings is 2. The summed E-state index contributed by atoms with van der Waals surface area (Å²) in [6.45, 7) is 0. The molecule has 0 unspecified atom stereocenters. The van der Waals surface area contributed by atoms with Crippen molar-refractivity contribution in [3.05, 3.63) is 21.9 Å². The van der Waals surface area contributed by atoms with Gasteiger partial charge in [0.05, 0.1) is 15.1 Å². The van der Waals surface area contributed by atoms with Crippen molar-refractivity contribution in [1.29, 1.82) is 0 Å². The topological polar surface area (TPSA) is 86.2 Å². The Labute approximate surface area is 87.1 Å². The van der Waals surface area contributed by atoms with Crippen LogP contribution >= 0.6 is 22.7 Å². The van der Waals surface area contributed by atoms with Gasteiger partial charge >= 0.3 is 0 Å². The second-order valence-electron chi connectivity index (χ2n) is 2.69. The molecule has 0 radical (unpaired) electrons. The molecule has 0 aliphatic rings. The van der Waals surface area contributed by atoms with Gasteiger partial charge in [-0.25, -0.2) is 0 Å². The summed E-state index contributed by atoms with van der Waals surface area (Å²) in [5, 5.41) is 3.89. The molecular formula is C8H6N2O2S2. The third kappa shape index (κ3) is 1.19. The Bertz CT molecular complexity index is 483. The average molecular weight is 226 g/mol. The summed E-state index contributed by atoms with van der Waals surface area (Å²) >= 11 is 2.78. The maximum absolute atomic E-state index is 11.0. The van der Waals surface area contributed by atoms with Crippen molar-refractivity contribution < 1.29 is 9.59 Å². The summed E-state index contributed by atoms with van der Waals surface area (Å²) in [4.78, 5) is 22.1. The van der Waals surface area contributed by atoms with E-state index in [4.69, 9.17) is 11.5 Å².